The summed E-state index contributed by atoms with van der Waals surface area (Å²) in [5, 5.41) is 16.0. The first-order chi connectivity index (χ1) is 10.4. The van der Waals surface area contributed by atoms with Crippen LogP contribution in [0.3, 0.4) is 0 Å². The van der Waals surface area contributed by atoms with Gasteiger partial charge in [0.25, 0.3) is 0 Å². The zero-order chi connectivity index (χ0) is 16.3. The summed E-state index contributed by atoms with van der Waals surface area (Å²) in [6.07, 6.45) is 0. The Morgan fingerprint density at radius 2 is 1.91 bits per heavy atom. The molecule has 22 heavy (non-hydrogen) atoms. The average molecular weight is 301 g/mol. The Balaban J connectivity index is 2.00. The molecule has 1 unspecified atom stereocenters. The second kappa shape index (κ2) is 6.43. The van der Waals surface area contributed by atoms with Crippen molar-refractivity contribution in [1.29, 1.82) is 0 Å². The number of nitrogens with one attached hydrogen (secondary N) is 1. The van der Waals surface area contributed by atoms with Gasteiger partial charge in [0.1, 0.15) is 6.54 Å². The molecule has 1 amide bonds. The Morgan fingerprint density at radius 1 is 1.27 bits per heavy atom. The van der Waals surface area contributed by atoms with Gasteiger partial charge in [-0.3, -0.25) is 14.3 Å². The minimum Gasteiger partial charge on any atom is -0.481 e. The summed E-state index contributed by atoms with van der Waals surface area (Å²) in [7, 11) is 0. The smallest absolute Gasteiger partial charge is 0.310 e. The lowest BCUT2D eigenvalue weighted by molar-refractivity contribution is -0.138. The van der Waals surface area contributed by atoms with E-state index in [4.69, 9.17) is 5.11 Å². The van der Waals surface area contributed by atoms with Gasteiger partial charge in [-0.1, -0.05) is 12.1 Å². The van der Waals surface area contributed by atoms with E-state index in [0.717, 1.165) is 11.4 Å². The third-order valence-electron chi connectivity index (χ3n) is 3.46. The molecule has 2 N–H and O–H groups in total. The fraction of sp³-hybridized carbons (Fsp3) is 0.312. The average Bonchev–Trinajstić information content (AvgIpc) is 2.76. The fourth-order valence-corrected chi connectivity index (χ4v) is 2.17. The third-order valence-corrected chi connectivity index (χ3v) is 3.46. The van der Waals surface area contributed by atoms with Gasteiger partial charge < -0.3 is 10.4 Å². The lowest BCUT2D eigenvalue weighted by Crippen LogP contribution is -2.20. The van der Waals surface area contributed by atoms with E-state index in [1.165, 1.54) is 0 Å². The molecule has 1 aromatic heterocycles. The standard InChI is InChI=1S/C16H19N3O3/c1-10-8-11(2)19(18-10)9-15(20)17-14-6-4-13(5-7-14)12(3)16(21)22/h4-8,12H,9H2,1-3H3,(H,17,20)(H,21,22). The molecular weight excluding hydrogens is 282 g/mol. The zero-order valence-corrected chi connectivity index (χ0v) is 12.8. The first-order valence-corrected chi connectivity index (χ1v) is 7.00. The molecule has 0 radical (unpaired) electrons. The molecule has 116 valence electrons. The number of carbonyl (C=O) groups excluding carboxylic acids is 1. The van der Waals surface area contributed by atoms with Crippen LogP contribution in [0.5, 0.6) is 0 Å². The molecule has 0 aliphatic heterocycles. The lowest BCUT2D eigenvalue weighted by atomic mass is 10.0. The first-order valence-electron chi connectivity index (χ1n) is 7.00. The number of amides is 1. The number of aromatic nitrogens is 2. The maximum absolute atomic E-state index is 12.0. The molecule has 0 aliphatic rings. The topological polar surface area (TPSA) is 84.2 Å². The van der Waals surface area contributed by atoms with Crippen molar-refractivity contribution < 1.29 is 14.7 Å². The number of hydrogen-bond donors (Lipinski definition) is 2. The van der Waals surface area contributed by atoms with Crippen LogP contribution < -0.4 is 5.32 Å². The highest BCUT2D eigenvalue weighted by atomic mass is 16.4. The monoisotopic (exact) mass is 301 g/mol. The van der Waals surface area contributed by atoms with Crippen LogP contribution in [0.15, 0.2) is 30.3 Å². The van der Waals surface area contributed by atoms with E-state index in [1.54, 1.807) is 35.9 Å². The molecule has 2 rings (SSSR count). The van der Waals surface area contributed by atoms with E-state index in [-0.39, 0.29) is 12.5 Å². The van der Waals surface area contributed by atoms with E-state index in [2.05, 4.69) is 10.4 Å². The van der Waals surface area contributed by atoms with Crippen molar-refractivity contribution in [3.8, 4) is 0 Å². The summed E-state index contributed by atoms with van der Waals surface area (Å²) in [6.45, 7) is 5.55. The molecule has 0 bridgehead atoms. The summed E-state index contributed by atoms with van der Waals surface area (Å²) in [5.74, 6) is -1.62. The SMILES string of the molecule is Cc1cc(C)n(CC(=O)Nc2ccc(C(C)C(=O)O)cc2)n1. The minimum absolute atomic E-state index is 0.146. The largest absolute Gasteiger partial charge is 0.481 e. The Kier molecular flexibility index (Phi) is 4.60. The fourth-order valence-electron chi connectivity index (χ4n) is 2.17. The molecule has 0 aliphatic carbocycles. The van der Waals surface area contributed by atoms with Crippen molar-refractivity contribution in [2.45, 2.75) is 33.2 Å². The van der Waals surface area contributed by atoms with E-state index in [0.29, 0.717) is 11.3 Å². The van der Waals surface area contributed by atoms with Crippen LogP contribution in [0, 0.1) is 13.8 Å². The lowest BCUT2D eigenvalue weighted by Gasteiger charge is -2.09. The van der Waals surface area contributed by atoms with Crippen LogP contribution in [0.25, 0.3) is 0 Å². The molecule has 2 aromatic rings. The summed E-state index contributed by atoms with van der Waals surface area (Å²) in [5.41, 5.74) is 3.13. The molecule has 1 heterocycles. The molecular formula is C16H19N3O3. The molecule has 0 fully saturated rings. The van der Waals surface area contributed by atoms with Crippen molar-refractivity contribution in [2.24, 2.45) is 0 Å². The molecule has 1 atom stereocenters. The van der Waals surface area contributed by atoms with Crippen LogP contribution in [0.2, 0.25) is 0 Å². The van der Waals surface area contributed by atoms with Gasteiger partial charge in [0.05, 0.1) is 11.6 Å². The Morgan fingerprint density at radius 3 is 2.41 bits per heavy atom. The maximum atomic E-state index is 12.0. The van der Waals surface area contributed by atoms with Gasteiger partial charge in [0.15, 0.2) is 0 Å². The number of carbonyl (C=O) groups is 2. The van der Waals surface area contributed by atoms with Crippen LogP contribution in [-0.2, 0) is 16.1 Å². The Hall–Kier alpha value is -2.63. The molecule has 6 heteroatoms. The third kappa shape index (κ3) is 3.72. The van der Waals surface area contributed by atoms with Crippen molar-refractivity contribution in [3.63, 3.8) is 0 Å². The summed E-state index contributed by atoms with van der Waals surface area (Å²) in [6, 6.07) is 8.73. The predicted molar refractivity (Wildman–Crippen MR) is 82.8 cm³/mol. The second-order valence-corrected chi connectivity index (χ2v) is 5.31. The second-order valence-electron chi connectivity index (χ2n) is 5.31. The quantitative estimate of drug-likeness (QED) is 0.887. The van der Waals surface area contributed by atoms with E-state index < -0.39 is 11.9 Å². The number of carboxylic acid groups (broad SMARTS) is 1. The summed E-state index contributed by atoms with van der Waals surface area (Å²) >= 11 is 0. The highest BCUT2D eigenvalue weighted by molar-refractivity contribution is 5.90. The molecule has 0 spiro atoms. The minimum atomic E-state index is -0.874. The number of aryl methyl sites for hydroxylation is 2. The van der Waals surface area contributed by atoms with Gasteiger partial charge in [-0.15, -0.1) is 0 Å². The predicted octanol–water partition coefficient (Wildman–Crippen LogP) is 2.33. The Labute approximate surface area is 128 Å². The first kappa shape index (κ1) is 15.8. The van der Waals surface area contributed by atoms with Gasteiger partial charge in [-0.2, -0.15) is 5.10 Å². The molecule has 0 saturated heterocycles. The van der Waals surface area contributed by atoms with Crippen LogP contribution in [0.1, 0.15) is 29.8 Å². The van der Waals surface area contributed by atoms with Crippen LogP contribution in [0.4, 0.5) is 5.69 Å². The van der Waals surface area contributed by atoms with Gasteiger partial charge in [0, 0.05) is 11.4 Å². The zero-order valence-electron chi connectivity index (χ0n) is 12.8. The van der Waals surface area contributed by atoms with Crippen LogP contribution >= 0.6 is 0 Å². The number of anilines is 1. The summed E-state index contributed by atoms with van der Waals surface area (Å²) in [4.78, 5) is 22.9. The number of nitrogens with zero attached hydrogens (tertiary/aromatic N) is 2. The van der Waals surface area contributed by atoms with Gasteiger partial charge in [-0.05, 0) is 44.5 Å². The highest BCUT2D eigenvalue weighted by Crippen LogP contribution is 2.18. The number of carboxylic acids is 1. The highest BCUT2D eigenvalue weighted by Gasteiger charge is 2.13. The summed E-state index contributed by atoms with van der Waals surface area (Å²) < 4.78 is 1.64. The van der Waals surface area contributed by atoms with Crippen LogP contribution in [-0.4, -0.2) is 26.8 Å². The number of hydrogen-bond acceptors (Lipinski definition) is 3. The van der Waals surface area contributed by atoms with E-state index >= 15 is 0 Å². The van der Waals surface area contributed by atoms with Gasteiger partial charge in [-0.25, -0.2) is 0 Å². The molecule has 0 saturated carbocycles. The number of rotatable bonds is 5. The maximum Gasteiger partial charge on any atom is 0.310 e. The molecule has 6 nitrogen and oxygen atoms in total. The van der Waals surface area contributed by atoms with Crippen molar-refractivity contribution in [2.75, 3.05) is 5.32 Å². The normalized spacial score (nSPS) is 12.0. The van der Waals surface area contributed by atoms with E-state index in [9.17, 15) is 9.59 Å². The number of aliphatic carboxylic acids is 1. The van der Waals surface area contributed by atoms with Gasteiger partial charge in [0.2, 0.25) is 5.91 Å². The molecule has 1 aromatic carbocycles. The van der Waals surface area contributed by atoms with Gasteiger partial charge >= 0.3 is 5.97 Å². The van der Waals surface area contributed by atoms with Crippen molar-refractivity contribution in [1.82, 2.24) is 9.78 Å². The van der Waals surface area contributed by atoms with E-state index in [1.807, 2.05) is 19.9 Å². The Bertz CT molecular complexity index is 689. The number of benzene rings is 1. The van der Waals surface area contributed by atoms with Crippen molar-refractivity contribution in [3.05, 3.63) is 47.3 Å². The van der Waals surface area contributed by atoms with Crippen molar-refractivity contribution >= 4 is 17.6 Å².